The van der Waals surface area contributed by atoms with Crippen molar-refractivity contribution in [3.63, 3.8) is 0 Å². The van der Waals surface area contributed by atoms with E-state index in [0.717, 1.165) is 16.9 Å². The molecule has 1 heterocycles. The number of likely N-dealkylation sites (tertiary alicyclic amines) is 1. The monoisotopic (exact) mass is 417 g/mol. The first kappa shape index (κ1) is 20.8. The smallest absolute Gasteiger partial charge is 0.409 e. The molecule has 0 aliphatic carbocycles. The Kier molecular flexibility index (Phi) is 6.12. The van der Waals surface area contributed by atoms with Gasteiger partial charge in [-0.1, -0.05) is 55.5 Å². The van der Waals surface area contributed by atoms with Crippen LogP contribution >= 0.6 is 0 Å². The lowest BCUT2D eigenvalue weighted by molar-refractivity contribution is 0.131. The first-order valence-electron chi connectivity index (χ1n) is 10.4. The van der Waals surface area contributed by atoms with Crippen molar-refractivity contribution in [3.05, 3.63) is 78.4 Å². The topological polar surface area (TPSA) is 48.0 Å². The van der Waals surface area contributed by atoms with Gasteiger partial charge in [0.1, 0.15) is 5.75 Å². The number of methoxy groups -OCH3 is 2. The third-order valence-electron chi connectivity index (χ3n) is 5.85. The van der Waals surface area contributed by atoms with Crippen molar-refractivity contribution in [2.24, 2.45) is 5.92 Å². The standard InChI is InChI=1S/C26H27NO4/c1-18-16-27(26(28)30-3)17-23(18)21-11-14-24(29-2)25(15-21)31-22-12-9-20(10-13-22)19-7-5-4-6-8-19/h4-15,18,23H,16-17H2,1-3H3/t18-,23+/m0/s1. The number of carbonyl (C=O) groups excluding carboxylic acids is 1. The average molecular weight is 418 g/mol. The lowest BCUT2D eigenvalue weighted by Crippen LogP contribution is -2.28. The molecule has 1 aliphatic heterocycles. The first-order valence-corrected chi connectivity index (χ1v) is 10.4. The summed E-state index contributed by atoms with van der Waals surface area (Å²) in [7, 11) is 3.06. The zero-order valence-corrected chi connectivity index (χ0v) is 18.1. The summed E-state index contributed by atoms with van der Waals surface area (Å²) >= 11 is 0. The first-order chi connectivity index (χ1) is 15.1. The van der Waals surface area contributed by atoms with E-state index in [2.05, 4.69) is 19.1 Å². The Morgan fingerprint density at radius 2 is 1.58 bits per heavy atom. The lowest BCUT2D eigenvalue weighted by atomic mass is 9.90. The molecule has 4 rings (SSSR count). The van der Waals surface area contributed by atoms with Gasteiger partial charge in [-0.05, 0) is 46.9 Å². The van der Waals surface area contributed by atoms with Gasteiger partial charge in [0.25, 0.3) is 0 Å². The van der Waals surface area contributed by atoms with Gasteiger partial charge in [0.15, 0.2) is 11.5 Å². The number of ether oxygens (including phenoxy) is 3. The Morgan fingerprint density at radius 1 is 0.871 bits per heavy atom. The number of benzene rings is 3. The summed E-state index contributed by atoms with van der Waals surface area (Å²) in [5, 5.41) is 0. The van der Waals surface area contributed by atoms with Gasteiger partial charge in [-0.3, -0.25) is 0 Å². The molecule has 0 unspecified atom stereocenters. The van der Waals surface area contributed by atoms with Gasteiger partial charge >= 0.3 is 6.09 Å². The summed E-state index contributed by atoms with van der Waals surface area (Å²) in [6.45, 7) is 3.46. The third kappa shape index (κ3) is 4.50. The van der Waals surface area contributed by atoms with Crippen molar-refractivity contribution >= 4 is 6.09 Å². The molecule has 0 spiro atoms. The van der Waals surface area contributed by atoms with Crippen LogP contribution in [0.4, 0.5) is 4.79 Å². The van der Waals surface area contributed by atoms with Gasteiger partial charge in [0.05, 0.1) is 14.2 Å². The molecule has 0 bridgehead atoms. The Bertz CT molecular complexity index is 1030. The Morgan fingerprint density at radius 3 is 2.26 bits per heavy atom. The van der Waals surface area contributed by atoms with Crippen LogP contribution in [0.2, 0.25) is 0 Å². The molecule has 5 heteroatoms. The summed E-state index contributed by atoms with van der Waals surface area (Å²) < 4.78 is 16.6. The summed E-state index contributed by atoms with van der Waals surface area (Å²) in [4.78, 5) is 13.7. The molecule has 1 aliphatic rings. The number of nitrogens with zero attached hydrogens (tertiary/aromatic N) is 1. The molecule has 2 atom stereocenters. The van der Waals surface area contributed by atoms with E-state index in [0.29, 0.717) is 30.5 Å². The van der Waals surface area contributed by atoms with E-state index in [1.807, 2.05) is 60.7 Å². The van der Waals surface area contributed by atoms with Crippen LogP contribution in [0.1, 0.15) is 18.4 Å². The van der Waals surface area contributed by atoms with Crippen molar-refractivity contribution in [3.8, 4) is 28.4 Å². The van der Waals surface area contributed by atoms with Crippen LogP contribution in [0.15, 0.2) is 72.8 Å². The summed E-state index contributed by atoms with van der Waals surface area (Å²) in [5.74, 6) is 2.62. The molecule has 3 aromatic carbocycles. The van der Waals surface area contributed by atoms with Gasteiger partial charge in [0, 0.05) is 19.0 Å². The van der Waals surface area contributed by atoms with E-state index in [1.54, 1.807) is 12.0 Å². The number of carbonyl (C=O) groups is 1. The number of rotatable bonds is 5. The Balaban J connectivity index is 1.55. The summed E-state index contributed by atoms with van der Waals surface area (Å²) in [6.07, 6.45) is -0.280. The quantitative estimate of drug-likeness (QED) is 0.514. The molecule has 1 saturated heterocycles. The van der Waals surface area contributed by atoms with Crippen molar-refractivity contribution in [1.29, 1.82) is 0 Å². The minimum Gasteiger partial charge on any atom is -0.493 e. The number of amides is 1. The average Bonchev–Trinajstić information content (AvgIpc) is 3.21. The van der Waals surface area contributed by atoms with E-state index in [9.17, 15) is 4.79 Å². The molecule has 0 radical (unpaired) electrons. The van der Waals surface area contributed by atoms with E-state index in [1.165, 1.54) is 12.7 Å². The number of hydrogen-bond donors (Lipinski definition) is 0. The van der Waals surface area contributed by atoms with Crippen molar-refractivity contribution in [1.82, 2.24) is 4.90 Å². The van der Waals surface area contributed by atoms with Crippen molar-refractivity contribution < 1.29 is 19.0 Å². The largest absolute Gasteiger partial charge is 0.493 e. The predicted molar refractivity (Wildman–Crippen MR) is 121 cm³/mol. The molecular weight excluding hydrogens is 390 g/mol. The van der Waals surface area contributed by atoms with Crippen molar-refractivity contribution in [2.75, 3.05) is 27.3 Å². The molecule has 1 fully saturated rings. The Hall–Kier alpha value is -3.47. The predicted octanol–water partition coefficient (Wildman–Crippen LogP) is 5.96. The minimum atomic E-state index is -0.280. The number of hydrogen-bond acceptors (Lipinski definition) is 4. The highest BCUT2D eigenvalue weighted by Gasteiger charge is 2.34. The second kappa shape index (κ2) is 9.13. The van der Waals surface area contributed by atoms with E-state index in [4.69, 9.17) is 14.2 Å². The molecule has 1 amide bonds. The van der Waals surface area contributed by atoms with Gasteiger partial charge in [-0.25, -0.2) is 4.79 Å². The molecular formula is C26H27NO4. The van der Waals surface area contributed by atoms with Gasteiger partial charge in [0.2, 0.25) is 0 Å². The fraction of sp³-hybridized carbons (Fsp3) is 0.269. The van der Waals surface area contributed by atoms with Crippen LogP contribution in [-0.4, -0.2) is 38.3 Å². The van der Waals surface area contributed by atoms with E-state index < -0.39 is 0 Å². The highest BCUT2D eigenvalue weighted by molar-refractivity contribution is 5.68. The van der Waals surface area contributed by atoms with Crippen LogP contribution in [-0.2, 0) is 4.74 Å². The second-order valence-corrected chi connectivity index (χ2v) is 7.86. The fourth-order valence-corrected chi connectivity index (χ4v) is 4.16. The Labute approximate surface area is 183 Å². The maximum absolute atomic E-state index is 11.9. The zero-order chi connectivity index (χ0) is 21.8. The molecule has 31 heavy (non-hydrogen) atoms. The maximum atomic E-state index is 11.9. The van der Waals surface area contributed by atoms with Gasteiger partial charge in [-0.15, -0.1) is 0 Å². The van der Waals surface area contributed by atoms with Crippen molar-refractivity contribution in [2.45, 2.75) is 12.8 Å². The fourth-order valence-electron chi connectivity index (χ4n) is 4.16. The van der Waals surface area contributed by atoms with Crippen LogP contribution in [0.5, 0.6) is 17.2 Å². The van der Waals surface area contributed by atoms with Crippen LogP contribution in [0.25, 0.3) is 11.1 Å². The molecule has 3 aromatic rings. The third-order valence-corrected chi connectivity index (χ3v) is 5.85. The lowest BCUT2D eigenvalue weighted by Gasteiger charge is -2.18. The molecule has 0 N–H and O–H groups in total. The SMILES string of the molecule is COC(=O)N1C[C@H](C)[C@H](c2ccc(OC)c(Oc3ccc(-c4ccccc4)cc3)c2)C1. The van der Waals surface area contributed by atoms with Gasteiger partial charge in [-0.2, -0.15) is 0 Å². The van der Waals surface area contributed by atoms with Crippen LogP contribution < -0.4 is 9.47 Å². The molecule has 0 saturated carbocycles. The minimum absolute atomic E-state index is 0.216. The summed E-state index contributed by atoms with van der Waals surface area (Å²) in [6, 6.07) is 24.3. The zero-order valence-electron chi connectivity index (χ0n) is 18.1. The summed E-state index contributed by atoms with van der Waals surface area (Å²) in [5.41, 5.74) is 3.42. The highest BCUT2D eigenvalue weighted by Crippen LogP contribution is 2.39. The van der Waals surface area contributed by atoms with Crippen LogP contribution in [0, 0.1) is 5.92 Å². The van der Waals surface area contributed by atoms with E-state index in [-0.39, 0.29) is 12.0 Å². The molecule has 5 nitrogen and oxygen atoms in total. The van der Waals surface area contributed by atoms with E-state index >= 15 is 0 Å². The molecule has 0 aromatic heterocycles. The van der Waals surface area contributed by atoms with Crippen LogP contribution in [0.3, 0.4) is 0 Å². The normalized spacial score (nSPS) is 18.0. The molecule has 160 valence electrons. The maximum Gasteiger partial charge on any atom is 0.409 e. The highest BCUT2D eigenvalue weighted by atomic mass is 16.5. The van der Waals surface area contributed by atoms with Gasteiger partial charge < -0.3 is 19.1 Å². The second-order valence-electron chi connectivity index (χ2n) is 7.86.